The number of nitro groups is 1. The molecule has 0 spiro atoms. The summed E-state index contributed by atoms with van der Waals surface area (Å²) in [5, 5.41) is 13.9. The van der Waals surface area contributed by atoms with Gasteiger partial charge < -0.3 is 10.1 Å². The van der Waals surface area contributed by atoms with Crippen molar-refractivity contribution >= 4 is 5.69 Å². The number of nitrogens with one attached hydrogen (secondary N) is 1. The van der Waals surface area contributed by atoms with Gasteiger partial charge in [-0.25, -0.2) is 0 Å². The van der Waals surface area contributed by atoms with Crippen LogP contribution in [0, 0.1) is 21.3 Å². The second kappa shape index (κ2) is 5.36. The van der Waals surface area contributed by atoms with Crippen LogP contribution in [0.15, 0.2) is 18.2 Å². The number of rotatable bonds is 5. The fourth-order valence-corrected chi connectivity index (χ4v) is 2.55. The normalized spacial score (nSPS) is 24.0. The molecule has 2 rings (SSSR count). The first-order chi connectivity index (χ1) is 9.36. The highest BCUT2D eigenvalue weighted by Crippen LogP contribution is 2.43. The summed E-state index contributed by atoms with van der Waals surface area (Å²) in [5.41, 5.74) is -0.579. The first kappa shape index (κ1) is 14.7. The van der Waals surface area contributed by atoms with Gasteiger partial charge in [-0.1, -0.05) is 20.8 Å². The van der Waals surface area contributed by atoms with E-state index in [-0.39, 0.29) is 11.5 Å². The van der Waals surface area contributed by atoms with E-state index in [2.05, 4.69) is 26.1 Å². The number of halogens is 1. The monoisotopic (exact) mass is 282 g/mol. The lowest BCUT2D eigenvalue weighted by Gasteiger charge is -2.51. The molecule has 0 radical (unpaired) electrons. The van der Waals surface area contributed by atoms with Crippen LogP contribution in [0.2, 0.25) is 0 Å². The molecular weight excluding hydrogens is 263 g/mol. The Morgan fingerprint density at radius 2 is 2.25 bits per heavy atom. The third-order valence-electron chi connectivity index (χ3n) is 4.02. The zero-order valence-corrected chi connectivity index (χ0v) is 11.9. The minimum atomic E-state index is -0.868. The van der Waals surface area contributed by atoms with Gasteiger partial charge in [0.05, 0.1) is 4.92 Å². The SMILES string of the molecule is CCNC1CC(Oc2ccc([N+](=O)[O-])c(F)c2)C1(C)C. The Labute approximate surface area is 117 Å². The quantitative estimate of drug-likeness (QED) is 0.666. The molecule has 20 heavy (non-hydrogen) atoms. The van der Waals surface area contributed by atoms with Gasteiger partial charge in [0.2, 0.25) is 5.82 Å². The predicted molar refractivity (Wildman–Crippen MR) is 73.3 cm³/mol. The number of nitro benzene ring substituents is 1. The van der Waals surface area contributed by atoms with Crippen LogP contribution in [-0.4, -0.2) is 23.6 Å². The van der Waals surface area contributed by atoms with Gasteiger partial charge >= 0.3 is 5.69 Å². The summed E-state index contributed by atoms with van der Waals surface area (Å²) in [7, 11) is 0. The Balaban J connectivity index is 2.05. The summed E-state index contributed by atoms with van der Waals surface area (Å²) in [6.45, 7) is 7.13. The highest BCUT2D eigenvalue weighted by atomic mass is 19.1. The van der Waals surface area contributed by atoms with Gasteiger partial charge in [-0.15, -0.1) is 0 Å². The molecule has 1 aromatic carbocycles. The minimum Gasteiger partial charge on any atom is -0.490 e. The van der Waals surface area contributed by atoms with Crippen molar-refractivity contribution in [2.45, 2.75) is 39.3 Å². The second-order valence-electron chi connectivity index (χ2n) is 5.64. The van der Waals surface area contributed by atoms with Crippen molar-refractivity contribution in [2.24, 2.45) is 5.41 Å². The van der Waals surface area contributed by atoms with E-state index < -0.39 is 16.4 Å². The first-order valence-electron chi connectivity index (χ1n) is 6.70. The van der Waals surface area contributed by atoms with E-state index in [1.165, 1.54) is 6.07 Å². The Hall–Kier alpha value is -1.69. The third kappa shape index (κ3) is 2.60. The molecule has 1 aliphatic carbocycles. The lowest BCUT2D eigenvalue weighted by molar-refractivity contribution is -0.387. The number of benzene rings is 1. The molecule has 0 aromatic heterocycles. The largest absolute Gasteiger partial charge is 0.490 e. The van der Waals surface area contributed by atoms with Crippen molar-refractivity contribution < 1.29 is 14.1 Å². The first-order valence-corrected chi connectivity index (χ1v) is 6.70. The molecule has 1 fully saturated rings. The molecule has 0 amide bonds. The molecule has 1 aromatic rings. The van der Waals surface area contributed by atoms with E-state index in [1.807, 2.05) is 0 Å². The van der Waals surface area contributed by atoms with Crippen molar-refractivity contribution in [3.8, 4) is 5.75 Å². The van der Waals surface area contributed by atoms with Crippen LogP contribution >= 0.6 is 0 Å². The number of nitrogens with zero attached hydrogens (tertiary/aromatic N) is 1. The van der Waals surface area contributed by atoms with Gasteiger partial charge in [0.25, 0.3) is 0 Å². The fourth-order valence-electron chi connectivity index (χ4n) is 2.55. The van der Waals surface area contributed by atoms with Gasteiger partial charge in [0.15, 0.2) is 0 Å². The lowest BCUT2D eigenvalue weighted by Crippen LogP contribution is -2.62. The number of ether oxygens (including phenoxy) is 1. The summed E-state index contributed by atoms with van der Waals surface area (Å²) in [5.74, 6) is -0.533. The fraction of sp³-hybridized carbons (Fsp3) is 0.571. The molecule has 0 saturated heterocycles. The van der Waals surface area contributed by atoms with Crippen molar-refractivity contribution in [1.82, 2.24) is 5.32 Å². The van der Waals surface area contributed by atoms with Gasteiger partial charge in [-0.3, -0.25) is 10.1 Å². The van der Waals surface area contributed by atoms with Crippen LogP contribution in [0.3, 0.4) is 0 Å². The zero-order chi connectivity index (χ0) is 14.9. The van der Waals surface area contributed by atoms with Crippen molar-refractivity contribution in [3.63, 3.8) is 0 Å². The van der Waals surface area contributed by atoms with Crippen LogP contribution in [0.4, 0.5) is 10.1 Å². The minimum absolute atomic E-state index is 0.0209. The van der Waals surface area contributed by atoms with Crippen molar-refractivity contribution in [3.05, 3.63) is 34.1 Å². The summed E-state index contributed by atoms with van der Waals surface area (Å²) in [6.07, 6.45) is 0.826. The summed E-state index contributed by atoms with van der Waals surface area (Å²) in [6, 6.07) is 4.03. The lowest BCUT2D eigenvalue weighted by atomic mass is 9.64. The van der Waals surface area contributed by atoms with E-state index in [0.717, 1.165) is 25.1 Å². The third-order valence-corrected chi connectivity index (χ3v) is 4.02. The van der Waals surface area contributed by atoms with Crippen LogP contribution in [-0.2, 0) is 0 Å². The van der Waals surface area contributed by atoms with Gasteiger partial charge in [0, 0.05) is 30.0 Å². The second-order valence-corrected chi connectivity index (χ2v) is 5.64. The molecule has 110 valence electrons. The topological polar surface area (TPSA) is 64.4 Å². The van der Waals surface area contributed by atoms with Gasteiger partial charge in [0.1, 0.15) is 11.9 Å². The summed E-state index contributed by atoms with van der Waals surface area (Å²) in [4.78, 5) is 9.81. The average molecular weight is 282 g/mol. The Morgan fingerprint density at radius 3 is 2.75 bits per heavy atom. The molecular formula is C14H19FN2O3. The molecule has 6 heteroatoms. The summed E-state index contributed by atoms with van der Waals surface area (Å²) < 4.78 is 19.3. The van der Waals surface area contributed by atoms with Crippen LogP contribution in [0.5, 0.6) is 5.75 Å². The maximum absolute atomic E-state index is 13.5. The Kier molecular flexibility index (Phi) is 3.94. The van der Waals surface area contributed by atoms with E-state index in [4.69, 9.17) is 4.74 Å². The summed E-state index contributed by atoms with van der Waals surface area (Å²) >= 11 is 0. The molecule has 1 N–H and O–H groups in total. The van der Waals surface area contributed by atoms with Crippen molar-refractivity contribution in [2.75, 3.05) is 6.54 Å². The highest BCUT2D eigenvalue weighted by molar-refractivity contribution is 5.38. The van der Waals surface area contributed by atoms with Crippen LogP contribution < -0.4 is 10.1 Å². The molecule has 2 unspecified atom stereocenters. The Morgan fingerprint density at radius 1 is 1.55 bits per heavy atom. The molecule has 2 atom stereocenters. The molecule has 5 nitrogen and oxygen atoms in total. The van der Waals surface area contributed by atoms with E-state index in [0.29, 0.717) is 11.8 Å². The molecule has 1 aliphatic rings. The van der Waals surface area contributed by atoms with Crippen LogP contribution in [0.25, 0.3) is 0 Å². The number of hydrogen-bond donors (Lipinski definition) is 1. The molecule has 0 bridgehead atoms. The van der Waals surface area contributed by atoms with E-state index in [9.17, 15) is 14.5 Å². The highest BCUT2D eigenvalue weighted by Gasteiger charge is 2.49. The maximum Gasteiger partial charge on any atom is 0.305 e. The van der Waals surface area contributed by atoms with Gasteiger partial charge in [-0.05, 0) is 12.6 Å². The van der Waals surface area contributed by atoms with E-state index in [1.54, 1.807) is 0 Å². The molecule has 0 heterocycles. The smallest absolute Gasteiger partial charge is 0.305 e. The zero-order valence-electron chi connectivity index (χ0n) is 11.9. The number of hydrogen-bond acceptors (Lipinski definition) is 4. The molecule has 0 aliphatic heterocycles. The van der Waals surface area contributed by atoms with E-state index >= 15 is 0 Å². The molecule has 1 saturated carbocycles. The maximum atomic E-state index is 13.5. The van der Waals surface area contributed by atoms with Crippen LogP contribution in [0.1, 0.15) is 27.2 Å². The van der Waals surface area contributed by atoms with Gasteiger partial charge in [-0.2, -0.15) is 4.39 Å². The Bertz CT molecular complexity index is 519. The predicted octanol–water partition coefficient (Wildman–Crippen LogP) is 2.89. The van der Waals surface area contributed by atoms with Crippen molar-refractivity contribution in [1.29, 1.82) is 0 Å². The standard InChI is InChI=1S/C14H19FN2O3/c1-4-16-12-8-13(14(12,2)3)20-9-5-6-11(17(18)19)10(15)7-9/h5-7,12-13,16H,4,8H2,1-3H3. The average Bonchev–Trinajstić information content (AvgIpc) is 2.37.